The number of rotatable bonds is 7. The first-order valence-electron chi connectivity index (χ1n) is 5.65. The summed E-state index contributed by atoms with van der Waals surface area (Å²) >= 11 is 0. The van der Waals surface area contributed by atoms with Crippen molar-refractivity contribution in [3.8, 4) is 5.75 Å². The molecule has 15 heavy (non-hydrogen) atoms. The van der Waals surface area contributed by atoms with Crippen molar-refractivity contribution in [3.05, 3.63) is 24.0 Å². The van der Waals surface area contributed by atoms with Crippen LogP contribution in [0.5, 0.6) is 5.75 Å². The van der Waals surface area contributed by atoms with E-state index in [1.807, 2.05) is 12.1 Å². The van der Waals surface area contributed by atoms with E-state index in [9.17, 15) is 0 Å². The molecule has 3 heteroatoms. The highest BCUT2D eigenvalue weighted by Crippen LogP contribution is 2.14. The maximum Gasteiger partial charge on any atom is 0.142 e. The zero-order valence-corrected chi connectivity index (χ0v) is 9.41. The van der Waals surface area contributed by atoms with E-state index >= 15 is 0 Å². The molecule has 2 N–H and O–H groups in total. The molecule has 3 nitrogen and oxygen atoms in total. The third kappa shape index (κ3) is 4.30. The molecule has 0 fully saturated rings. The molecule has 0 atom stereocenters. The number of aromatic nitrogens is 1. The Hall–Kier alpha value is -1.09. The summed E-state index contributed by atoms with van der Waals surface area (Å²) in [5.74, 6) is 0.830. The van der Waals surface area contributed by atoms with Crippen LogP contribution in [0, 0.1) is 0 Å². The number of nitrogens with zero attached hydrogens (tertiary/aromatic N) is 1. The highest BCUT2D eigenvalue weighted by atomic mass is 16.5. The van der Waals surface area contributed by atoms with Crippen LogP contribution >= 0.6 is 0 Å². The van der Waals surface area contributed by atoms with E-state index in [-0.39, 0.29) is 0 Å². The van der Waals surface area contributed by atoms with Gasteiger partial charge in [-0.15, -0.1) is 0 Å². The molecule has 0 amide bonds. The normalized spacial score (nSPS) is 10.3. The summed E-state index contributed by atoms with van der Waals surface area (Å²) in [7, 11) is 0. The SMILES string of the molecule is CCCCCCOc1cccnc1CN. The number of pyridine rings is 1. The molecule has 0 aromatic carbocycles. The van der Waals surface area contributed by atoms with Crippen LogP contribution in [-0.4, -0.2) is 11.6 Å². The number of hydrogen-bond donors (Lipinski definition) is 1. The van der Waals surface area contributed by atoms with E-state index < -0.39 is 0 Å². The second-order valence-corrected chi connectivity index (χ2v) is 3.56. The number of unbranched alkanes of at least 4 members (excludes halogenated alkanes) is 3. The number of hydrogen-bond acceptors (Lipinski definition) is 3. The second kappa shape index (κ2) is 7.23. The van der Waals surface area contributed by atoms with Gasteiger partial charge in [-0.2, -0.15) is 0 Å². The predicted octanol–water partition coefficient (Wildman–Crippen LogP) is 2.50. The average Bonchev–Trinajstić information content (AvgIpc) is 2.29. The fourth-order valence-electron chi connectivity index (χ4n) is 1.42. The molecule has 0 aliphatic heterocycles. The Morgan fingerprint density at radius 2 is 2.20 bits per heavy atom. The first kappa shape index (κ1) is 12.0. The Morgan fingerprint density at radius 3 is 2.93 bits per heavy atom. The van der Waals surface area contributed by atoms with E-state index in [2.05, 4.69) is 11.9 Å². The summed E-state index contributed by atoms with van der Waals surface area (Å²) < 4.78 is 5.63. The third-order valence-corrected chi connectivity index (χ3v) is 2.30. The van der Waals surface area contributed by atoms with Gasteiger partial charge in [0.1, 0.15) is 5.75 Å². The van der Waals surface area contributed by atoms with E-state index in [0.29, 0.717) is 6.54 Å². The molecule has 1 aromatic heterocycles. The van der Waals surface area contributed by atoms with Gasteiger partial charge in [-0.25, -0.2) is 0 Å². The van der Waals surface area contributed by atoms with Gasteiger partial charge in [-0.05, 0) is 18.6 Å². The largest absolute Gasteiger partial charge is 0.492 e. The van der Waals surface area contributed by atoms with Crippen molar-refractivity contribution >= 4 is 0 Å². The van der Waals surface area contributed by atoms with Crippen molar-refractivity contribution in [3.63, 3.8) is 0 Å². The maximum atomic E-state index is 5.63. The van der Waals surface area contributed by atoms with E-state index in [4.69, 9.17) is 10.5 Å². The number of ether oxygens (including phenoxy) is 1. The molecule has 84 valence electrons. The molecule has 1 aromatic rings. The number of nitrogens with two attached hydrogens (primary N) is 1. The Morgan fingerprint density at radius 1 is 1.33 bits per heavy atom. The quantitative estimate of drug-likeness (QED) is 0.700. The second-order valence-electron chi connectivity index (χ2n) is 3.56. The van der Waals surface area contributed by atoms with Crippen molar-refractivity contribution in [1.29, 1.82) is 0 Å². The Balaban J connectivity index is 2.30. The van der Waals surface area contributed by atoms with E-state index in [0.717, 1.165) is 24.5 Å². The van der Waals surface area contributed by atoms with Crippen molar-refractivity contribution in [1.82, 2.24) is 4.98 Å². The standard InChI is InChI=1S/C12H20N2O/c1-2-3-4-5-9-15-12-7-6-8-14-11(12)10-13/h6-8H,2-5,9-10,13H2,1H3. The highest BCUT2D eigenvalue weighted by molar-refractivity contribution is 5.26. The van der Waals surface area contributed by atoms with Crippen LogP contribution in [0.3, 0.4) is 0 Å². The molecule has 1 heterocycles. The molecular formula is C12H20N2O. The summed E-state index contributed by atoms with van der Waals surface area (Å²) in [4.78, 5) is 4.16. The molecule has 0 spiro atoms. The minimum atomic E-state index is 0.436. The first-order valence-corrected chi connectivity index (χ1v) is 5.65. The molecule has 0 unspecified atom stereocenters. The topological polar surface area (TPSA) is 48.1 Å². The van der Waals surface area contributed by atoms with Gasteiger partial charge in [0.25, 0.3) is 0 Å². The van der Waals surface area contributed by atoms with Crippen LogP contribution < -0.4 is 10.5 Å². The predicted molar refractivity (Wildman–Crippen MR) is 61.8 cm³/mol. The van der Waals surface area contributed by atoms with Crippen LogP contribution in [0.15, 0.2) is 18.3 Å². The summed E-state index contributed by atoms with van der Waals surface area (Å²) in [6.45, 7) is 3.40. The monoisotopic (exact) mass is 208 g/mol. The molecule has 0 saturated heterocycles. The summed E-state index contributed by atoms with van der Waals surface area (Å²) in [6.07, 6.45) is 6.61. The minimum Gasteiger partial charge on any atom is -0.492 e. The minimum absolute atomic E-state index is 0.436. The molecule has 0 aliphatic carbocycles. The average molecular weight is 208 g/mol. The summed E-state index contributed by atoms with van der Waals surface area (Å²) in [5.41, 5.74) is 6.40. The molecule has 0 bridgehead atoms. The molecular weight excluding hydrogens is 188 g/mol. The molecule has 1 rings (SSSR count). The smallest absolute Gasteiger partial charge is 0.142 e. The van der Waals surface area contributed by atoms with E-state index in [1.165, 1.54) is 19.3 Å². The van der Waals surface area contributed by atoms with E-state index in [1.54, 1.807) is 6.20 Å². The van der Waals surface area contributed by atoms with Gasteiger partial charge >= 0.3 is 0 Å². The molecule has 0 aliphatic rings. The maximum absolute atomic E-state index is 5.63. The lowest BCUT2D eigenvalue weighted by atomic mass is 10.2. The van der Waals surface area contributed by atoms with Crippen LogP contribution in [0.4, 0.5) is 0 Å². The fourth-order valence-corrected chi connectivity index (χ4v) is 1.42. The zero-order chi connectivity index (χ0) is 10.9. The van der Waals surface area contributed by atoms with Gasteiger partial charge in [0, 0.05) is 12.7 Å². The van der Waals surface area contributed by atoms with Crippen molar-refractivity contribution < 1.29 is 4.74 Å². The van der Waals surface area contributed by atoms with Crippen molar-refractivity contribution in [2.24, 2.45) is 5.73 Å². The lowest BCUT2D eigenvalue weighted by Gasteiger charge is -2.08. The van der Waals surface area contributed by atoms with Gasteiger partial charge in [0.15, 0.2) is 0 Å². The van der Waals surface area contributed by atoms with Gasteiger partial charge in [0.05, 0.1) is 12.3 Å². The lowest BCUT2D eigenvalue weighted by molar-refractivity contribution is 0.300. The zero-order valence-electron chi connectivity index (χ0n) is 9.41. The Labute approximate surface area is 91.7 Å². The van der Waals surface area contributed by atoms with Crippen LogP contribution in [0.25, 0.3) is 0 Å². The van der Waals surface area contributed by atoms with Crippen LogP contribution in [0.2, 0.25) is 0 Å². The summed E-state index contributed by atoms with van der Waals surface area (Å²) in [5, 5.41) is 0. The van der Waals surface area contributed by atoms with Gasteiger partial charge < -0.3 is 10.5 Å². The fraction of sp³-hybridized carbons (Fsp3) is 0.583. The van der Waals surface area contributed by atoms with Gasteiger partial charge in [-0.3, -0.25) is 4.98 Å². The highest BCUT2D eigenvalue weighted by Gasteiger charge is 2.01. The van der Waals surface area contributed by atoms with Crippen molar-refractivity contribution in [2.45, 2.75) is 39.2 Å². The molecule has 0 saturated carbocycles. The Kier molecular flexibility index (Phi) is 5.78. The summed E-state index contributed by atoms with van der Waals surface area (Å²) in [6, 6.07) is 3.80. The van der Waals surface area contributed by atoms with Gasteiger partial charge in [0.2, 0.25) is 0 Å². The van der Waals surface area contributed by atoms with Crippen molar-refractivity contribution in [2.75, 3.05) is 6.61 Å². The lowest BCUT2D eigenvalue weighted by Crippen LogP contribution is -2.05. The van der Waals surface area contributed by atoms with Gasteiger partial charge in [-0.1, -0.05) is 26.2 Å². The first-order chi connectivity index (χ1) is 7.38. The molecule has 0 radical (unpaired) electrons. The van der Waals surface area contributed by atoms with Crippen LogP contribution in [0.1, 0.15) is 38.3 Å². The third-order valence-electron chi connectivity index (χ3n) is 2.30. The van der Waals surface area contributed by atoms with Crippen LogP contribution in [-0.2, 0) is 6.54 Å². The Bertz CT molecular complexity index is 276.